The van der Waals surface area contributed by atoms with E-state index >= 15 is 0 Å². The highest BCUT2D eigenvalue weighted by Crippen LogP contribution is 2.21. The van der Waals surface area contributed by atoms with Gasteiger partial charge in [0.1, 0.15) is 6.10 Å². The summed E-state index contributed by atoms with van der Waals surface area (Å²) in [4.78, 5) is 16.7. The van der Waals surface area contributed by atoms with Gasteiger partial charge in [-0.15, -0.1) is 0 Å². The minimum Gasteiger partial charge on any atom is -0.474 e. The Labute approximate surface area is 142 Å². The van der Waals surface area contributed by atoms with Crippen LogP contribution < -0.4 is 10.1 Å². The quantitative estimate of drug-likeness (QED) is 0.934. The number of para-hydroxylation sites is 1. The Balaban J connectivity index is 1.65. The molecule has 1 aromatic carbocycles. The van der Waals surface area contributed by atoms with Gasteiger partial charge in [0.2, 0.25) is 5.88 Å². The molecule has 5 heteroatoms. The highest BCUT2D eigenvalue weighted by molar-refractivity contribution is 6.04. The van der Waals surface area contributed by atoms with Crippen molar-refractivity contribution >= 4 is 11.6 Å². The van der Waals surface area contributed by atoms with Gasteiger partial charge in [-0.3, -0.25) is 4.79 Å². The zero-order valence-electron chi connectivity index (χ0n) is 14.0. The maximum Gasteiger partial charge on any atom is 0.257 e. The lowest BCUT2D eigenvalue weighted by atomic mass is 10.1. The van der Waals surface area contributed by atoms with E-state index in [0.29, 0.717) is 11.4 Å². The van der Waals surface area contributed by atoms with Gasteiger partial charge in [0.25, 0.3) is 5.91 Å². The molecule has 1 amide bonds. The van der Waals surface area contributed by atoms with E-state index in [2.05, 4.69) is 10.3 Å². The molecule has 0 aliphatic carbocycles. The first-order chi connectivity index (χ1) is 11.6. The monoisotopic (exact) mass is 326 g/mol. The molecule has 126 valence electrons. The highest BCUT2D eigenvalue weighted by Gasteiger charge is 2.16. The summed E-state index contributed by atoms with van der Waals surface area (Å²) in [5.74, 6) is 0.378. The van der Waals surface area contributed by atoms with E-state index in [0.717, 1.165) is 42.9 Å². The van der Waals surface area contributed by atoms with E-state index in [1.165, 1.54) is 0 Å². The van der Waals surface area contributed by atoms with Crippen LogP contribution in [-0.4, -0.2) is 30.2 Å². The smallest absolute Gasteiger partial charge is 0.257 e. The molecule has 2 heterocycles. The predicted octanol–water partition coefficient (Wildman–Crippen LogP) is 3.51. The zero-order chi connectivity index (χ0) is 16.9. The summed E-state index contributed by atoms with van der Waals surface area (Å²) in [7, 11) is 0. The van der Waals surface area contributed by atoms with Crippen molar-refractivity contribution < 1.29 is 14.3 Å². The number of hydrogen-bond acceptors (Lipinski definition) is 4. The number of carbonyl (C=O) groups excluding carboxylic acids is 1. The summed E-state index contributed by atoms with van der Waals surface area (Å²) in [5.41, 5.74) is 3.44. The summed E-state index contributed by atoms with van der Waals surface area (Å²) >= 11 is 0. The molecule has 24 heavy (non-hydrogen) atoms. The lowest BCUT2D eigenvalue weighted by molar-refractivity contribution is 0.0237. The van der Waals surface area contributed by atoms with Crippen LogP contribution in [0.4, 0.5) is 5.69 Å². The van der Waals surface area contributed by atoms with Gasteiger partial charge in [-0.25, -0.2) is 4.98 Å². The number of hydrogen-bond donors (Lipinski definition) is 1. The summed E-state index contributed by atoms with van der Waals surface area (Å²) in [6, 6.07) is 9.42. The molecule has 2 aromatic rings. The second-order valence-electron chi connectivity index (χ2n) is 6.04. The highest BCUT2D eigenvalue weighted by atomic mass is 16.5. The molecule has 5 nitrogen and oxygen atoms in total. The number of aryl methyl sites for hydroxylation is 2. The second-order valence-corrected chi connectivity index (χ2v) is 6.04. The Morgan fingerprint density at radius 2 is 1.88 bits per heavy atom. The van der Waals surface area contributed by atoms with Gasteiger partial charge in [0.15, 0.2) is 0 Å². The molecule has 1 saturated heterocycles. The van der Waals surface area contributed by atoms with Gasteiger partial charge in [-0.05, 0) is 31.0 Å². The van der Waals surface area contributed by atoms with Crippen molar-refractivity contribution in [3.63, 3.8) is 0 Å². The van der Waals surface area contributed by atoms with Crippen molar-refractivity contribution in [1.29, 1.82) is 0 Å². The maximum absolute atomic E-state index is 12.4. The number of anilines is 1. The molecule has 0 unspecified atom stereocenters. The molecular weight excluding hydrogens is 304 g/mol. The maximum atomic E-state index is 12.4. The third kappa shape index (κ3) is 3.92. The molecule has 1 aliphatic rings. The lowest BCUT2D eigenvalue weighted by Crippen LogP contribution is -2.26. The Morgan fingerprint density at radius 1 is 1.17 bits per heavy atom. The van der Waals surface area contributed by atoms with Crippen LogP contribution in [0, 0.1) is 13.8 Å². The van der Waals surface area contributed by atoms with E-state index in [4.69, 9.17) is 9.47 Å². The fourth-order valence-electron chi connectivity index (χ4n) is 2.75. The van der Waals surface area contributed by atoms with Gasteiger partial charge in [0.05, 0.1) is 18.8 Å². The van der Waals surface area contributed by atoms with Crippen LogP contribution in [0.3, 0.4) is 0 Å². The number of aromatic nitrogens is 1. The van der Waals surface area contributed by atoms with Crippen LogP contribution in [0.5, 0.6) is 5.88 Å². The fraction of sp³-hybridized carbons (Fsp3) is 0.368. The number of nitrogens with zero attached hydrogens (tertiary/aromatic N) is 1. The first kappa shape index (κ1) is 16.5. The van der Waals surface area contributed by atoms with Gasteiger partial charge in [0, 0.05) is 30.8 Å². The van der Waals surface area contributed by atoms with Gasteiger partial charge >= 0.3 is 0 Å². The number of benzene rings is 1. The standard InChI is InChI=1S/C19H22N2O3/c1-13-4-3-5-14(2)18(13)21-19(22)15-6-7-17(20-12-15)24-16-8-10-23-11-9-16/h3-7,12,16H,8-11H2,1-2H3,(H,21,22). The van der Waals surface area contributed by atoms with Crippen molar-refractivity contribution in [2.24, 2.45) is 0 Å². The Morgan fingerprint density at radius 3 is 2.50 bits per heavy atom. The minimum atomic E-state index is -0.169. The first-order valence-corrected chi connectivity index (χ1v) is 8.21. The Hall–Kier alpha value is -2.40. The number of pyridine rings is 1. The zero-order valence-corrected chi connectivity index (χ0v) is 14.0. The molecule has 1 aromatic heterocycles. The van der Waals surface area contributed by atoms with Crippen molar-refractivity contribution in [2.75, 3.05) is 18.5 Å². The van der Waals surface area contributed by atoms with Crippen molar-refractivity contribution in [3.05, 3.63) is 53.2 Å². The van der Waals surface area contributed by atoms with Gasteiger partial charge in [-0.1, -0.05) is 18.2 Å². The molecule has 1 aliphatic heterocycles. The third-order valence-electron chi connectivity index (χ3n) is 4.17. The van der Waals surface area contributed by atoms with E-state index in [9.17, 15) is 4.79 Å². The van der Waals surface area contributed by atoms with E-state index in [1.54, 1.807) is 18.3 Å². The van der Waals surface area contributed by atoms with Crippen LogP contribution in [0.25, 0.3) is 0 Å². The third-order valence-corrected chi connectivity index (χ3v) is 4.17. The van der Waals surface area contributed by atoms with Crippen LogP contribution in [0.1, 0.15) is 34.3 Å². The SMILES string of the molecule is Cc1cccc(C)c1NC(=O)c1ccc(OC2CCOCC2)nc1. The predicted molar refractivity (Wildman–Crippen MR) is 92.6 cm³/mol. The first-order valence-electron chi connectivity index (χ1n) is 8.21. The Bertz CT molecular complexity index is 687. The number of amides is 1. The lowest BCUT2D eigenvalue weighted by Gasteiger charge is -2.22. The van der Waals surface area contributed by atoms with Crippen LogP contribution in [0.2, 0.25) is 0 Å². The molecule has 0 spiro atoms. The molecule has 1 N–H and O–H groups in total. The normalized spacial score (nSPS) is 15.1. The topological polar surface area (TPSA) is 60.5 Å². The largest absolute Gasteiger partial charge is 0.474 e. The molecule has 0 bridgehead atoms. The van der Waals surface area contributed by atoms with Crippen LogP contribution in [0.15, 0.2) is 36.5 Å². The van der Waals surface area contributed by atoms with Gasteiger partial charge in [-0.2, -0.15) is 0 Å². The van der Waals surface area contributed by atoms with Crippen molar-refractivity contribution in [3.8, 4) is 5.88 Å². The van der Waals surface area contributed by atoms with Crippen LogP contribution >= 0.6 is 0 Å². The molecular formula is C19H22N2O3. The van der Waals surface area contributed by atoms with Crippen molar-refractivity contribution in [2.45, 2.75) is 32.8 Å². The number of nitrogens with one attached hydrogen (secondary N) is 1. The Kier molecular flexibility index (Phi) is 5.11. The molecule has 3 rings (SSSR count). The van der Waals surface area contributed by atoms with Crippen molar-refractivity contribution in [1.82, 2.24) is 4.98 Å². The number of ether oxygens (including phenoxy) is 2. The fourth-order valence-corrected chi connectivity index (χ4v) is 2.75. The number of carbonyl (C=O) groups is 1. The van der Waals surface area contributed by atoms with E-state index < -0.39 is 0 Å². The minimum absolute atomic E-state index is 0.139. The molecule has 0 radical (unpaired) electrons. The summed E-state index contributed by atoms with van der Waals surface area (Å²) in [6.07, 6.45) is 3.44. The summed E-state index contributed by atoms with van der Waals surface area (Å²) < 4.78 is 11.1. The molecule has 0 saturated carbocycles. The van der Waals surface area contributed by atoms with E-state index in [1.807, 2.05) is 32.0 Å². The molecule has 0 atom stereocenters. The second kappa shape index (κ2) is 7.45. The molecule has 1 fully saturated rings. The van der Waals surface area contributed by atoms with E-state index in [-0.39, 0.29) is 12.0 Å². The van der Waals surface area contributed by atoms with Gasteiger partial charge < -0.3 is 14.8 Å². The average Bonchev–Trinajstić information content (AvgIpc) is 2.60. The number of rotatable bonds is 4. The average molecular weight is 326 g/mol. The van der Waals surface area contributed by atoms with Crippen LogP contribution in [-0.2, 0) is 4.74 Å². The summed E-state index contributed by atoms with van der Waals surface area (Å²) in [5, 5.41) is 2.96. The summed E-state index contributed by atoms with van der Waals surface area (Å²) in [6.45, 7) is 5.40.